The third-order valence-corrected chi connectivity index (χ3v) is 4.16. The smallest absolute Gasteiger partial charge is 0.475 e. The standard InChI is InChI=1S/C18H16F6N2O2.C2HF3O2/c1-28-17(27)10-7-13(20)11(18(22,23)24)8-15(10)26-14-5-4-12(19)16(21)9(14)3-2-6-25;3-2(4,5)1(6)7/h4-5,7-8,26H,2-3,6,25H2,1H3;(H,6,7). The lowest BCUT2D eigenvalue weighted by atomic mass is 10.0. The number of carbonyl (C=O) groups is 2. The van der Waals surface area contributed by atoms with Crippen LogP contribution >= 0.6 is 0 Å². The van der Waals surface area contributed by atoms with Gasteiger partial charge in [-0.1, -0.05) is 0 Å². The first-order chi connectivity index (χ1) is 16.0. The van der Waals surface area contributed by atoms with Gasteiger partial charge in [0, 0.05) is 11.3 Å². The molecule has 35 heavy (non-hydrogen) atoms. The Labute approximate surface area is 191 Å². The highest BCUT2D eigenvalue weighted by Crippen LogP contribution is 2.36. The number of alkyl halides is 6. The van der Waals surface area contributed by atoms with E-state index in [4.69, 9.17) is 15.6 Å². The van der Waals surface area contributed by atoms with Crippen LogP contribution in [0, 0.1) is 17.5 Å². The van der Waals surface area contributed by atoms with Crippen molar-refractivity contribution >= 4 is 23.3 Å². The second-order valence-electron chi connectivity index (χ2n) is 6.57. The summed E-state index contributed by atoms with van der Waals surface area (Å²) in [6, 6.07) is 2.61. The summed E-state index contributed by atoms with van der Waals surface area (Å²) in [5, 5.41) is 9.58. The zero-order valence-corrected chi connectivity index (χ0v) is 17.6. The molecule has 2 aromatic carbocycles. The number of hydrogen-bond acceptors (Lipinski definition) is 5. The number of benzene rings is 2. The maximum Gasteiger partial charge on any atom is 0.490 e. The highest BCUT2D eigenvalue weighted by Gasteiger charge is 2.38. The molecule has 0 radical (unpaired) electrons. The number of carboxylic acid groups (broad SMARTS) is 1. The molecule has 0 atom stereocenters. The maximum absolute atomic E-state index is 14.2. The number of nitrogens with two attached hydrogens (primary N) is 1. The SMILES string of the molecule is COC(=O)c1cc(F)c(C(F)(F)F)cc1Nc1ccc(F)c(F)c1CCCN.O=C(O)C(F)(F)F. The Bertz CT molecular complexity index is 1070. The lowest BCUT2D eigenvalue weighted by Crippen LogP contribution is -2.21. The molecule has 6 nitrogen and oxygen atoms in total. The average molecular weight is 520 g/mol. The van der Waals surface area contributed by atoms with Gasteiger partial charge in [-0.2, -0.15) is 26.3 Å². The summed E-state index contributed by atoms with van der Waals surface area (Å²) in [5.74, 6) is -7.89. The molecule has 0 amide bonds. The molecular formula is C20H17F9N2O4. The first-order valence-corrected chi connectivity index (χ1v) is 9.27. The number of rotatable bonds is 6. The van der Waals surface area contributed by atoms with E-state index in [1.165, 1.54) is 0 Å². The van der Waals surface area contributed by atoms with E-state index in [0.29, 0.717) is 12.1 Å². The molecule has 4 N–H and O–H groups in total. The fraction of sp³-hybridized carbons (Fsp3) is 0.300. The van der Waals surface area contributed by atoms with E-state index in [2.05, 4.69) is 10.1 Å². The Hall–Kier alpha value is -3.49. The number of carboxylic acids is 1. The minimum Gasteiger partial charge on any atom is -0.475 e. The quantitative estimate of drug-likeness (QED) is 0.359. The third-order valence-electron chi connectivity index (χ3n) is 4.16. The Balaban J connectivity index is 0.000000762. The molecule has 194 valence electrons. The Morgan fingerprint density at radius 1 is 1.00 bits per heavy atom. The van der Waals surface area contributed by atoms with Gasteiger partial charge in [0.05, 0.1) is 23.9 Å². The topological polar surface area (TPSA) is 102 Å². The molecule has 0 bridgehead atoms. The molecule has 0 spiro atoms. The molecule has 0 unspecified atom stereocenters. The van der Waals surface area contributed by atoms with E-state index >= 15 is 0 Å². The molecule has 0 aliphatic heterocycles. The van der Waals surface area contributed by atoms with Crippen molar-refractivity contribution in [1.82, 2.24) is 0 Å². The molecule has 0 aliphatic carbocycles. The van der Waals surface area contributed by atoms with Crippen molar-refractivity contribution < 1.29 is 58.9 Å². The van der Waals surface area contributed by atoms with Gasteiger partial charge in [-0.25, -0.2) is 22.8 Å². The minimum absolute atomic E-state index is 0.0106. The highest BCUT2D eigenvalue weighted by molar-refractivity contribution is 5.97. The number of aliphatic carboxylic acids is 1. The van der Waals surface area contributed by atoms with Gasteiger partial charge in [0.15, 0.2) is 11.6 Å². The fourth-order valence-electron chi connectivity index (χ4n) is 2.55. The number of nitrogens with one attached hydrogen (secondary N) is 1. The van der Waals surface area contributed by atoms with Crippen LogP contribution in [-0.4, -0.2) is 36.9 Å². The summed E-state index contributed by atoms with van der Waals surface area (Å²) in [6.07, 6.45) is -9.86. The number of esters is 1. The Morgan fingerprint density at radius 2 is 1.57 bits per heavy atom. The third kappa shape index (κ3) is 8.05. The molecule has 0 fully saturated rings. The molecule has 0 heterocycles. The molecule has 2 rings (SSSR count). The zero-order valence-electron chi connectivity index (χ0n) is 17.6. The van der Waals surface area contributed by atoms with Crippen molar-refractivity contribution in [1.29, 1.82) is 0 Å². The van der Waals surface area contributed by atoms with Crippen molar-refractivity contribution in [2.24, 2.45) is 5.73 Å². The summed E-state index contributed by atoms with van der Waals surface area (Å²) in [5.41, 5.74) is 2.47. The molecule has 0 aromatic heterocycles. The van der Waals surface area contributed by atoms with E-state index in [0.717, 1.165) is 19.2 Å². The van der Waals surface area contributed by atoms with Crippen LogP contribution in [-0.2, 0) is 22.1 Å². The van der Waals surface area contributed by atoms with Crippen LogP contribution in [0.25, 0.3) is 0 Å². The second-order valence-corrected chi connectivity index (χ2v) is 6.57. The Morgan fingerprint density at radius 3 is 2.03 bits per heavy atom. The predicted molar refractivity (Wildman–Crippen MR) is 103 cm³/mol. The minimum atomic E-state index is -5.08. The molecule has 0 saturated heterocycles. The van der Waals surface area contributed by atoms with Gasteiger partial charge >= 0.3 is 24.3 Å². The van der Waals surface area contributed by atoms with Crippen LogP contribution in [0.15, 0.2) is 24.3 Å². The van der Waals surface area contributed by atoms with Crippen LogP contribution in [0.5, 0.6) is 0 Å². The summed E-state index contributed by atoms with van der Waals surface area (Å²) in [4.78, 5) is 20.8. The first kappa shape index (κ1) is 29.5. The molecule has 15 heteroatoms. The highest BCUT2D eigenvalue weighted by atomic mass is 19.4. The van der Waals surface area contributed by atoms with E-state index < -0.39 is 58.6 Å². The predicted octanol–water partition coefficient (Wildman–Crippen LogP) is 5.18. The first-order valence-electron chi connectivity index (χ1n) is 9.27. The van der Waals surface area contributed by atoms with Gasteiger partial charge in [-0.05, 0) is 43.7 Å². The zero-order chi connectivity index (χ0) is 27.1. The second kappa shape index (κ2) is 11.8. The van der Waals surface area contributed by atoms with Crippen molar-refractivity contribution in [2.75, 3.05) is 19.0 Å². The Kier molecular flexibility index (Phi) is 9.94. The lowest BCUT2D eigenvalue weighted by Gasteiger charge is -2.18. The number of methoxy groups -OCH3 is 1. The van der Waals surface area contributed by atoms with Crippen molar-refractivity contribution in [3.8, 4) is 0 Å². The number of anilines is 2. The monoisotopic (exact) mass is 520 g/mol. The molecule has 0 saturated carbocycles. The summed E-state index contributed by atoms with van der Waals surface area (Å²) < 4.78 is 117. The van der Waals surface area contributed by atoms with Crippen molar-refractivity contribution in [3.05, 3.63) is 58.4 Å². The van der Waals surface area contributed by atoms with Gasteiger partial charge in [0.25, 0.3) is 0 Å². The number of hydrogen-bond donors (Lipinski definition) is 3. The normalized spacial score (nSPS) is 11.4. The van der Waals surface area contributed by atoms with Crippen LogP contribution in [0.4, 0.5) is 50.9 Å². The van der Waals surface area contributed by atoms with Crippen LogP contribution in [0.3, 0.4) is 0 Å². The van der Waals surface area contributed by atoms with Crippen LogP contribution in [0.1, 0.15) is 27.9 Å². The van der Waals surface area contributed by atoms with E-state index in [1.807, 2.05) is 0 Å². The van der Waals surface area contributed by atoms with Gasteiger partial charge in [-0.15, -0.1) is 0 Å². The van der Waals surface area contributed by atoms with Crippen LogP contribution in [0.2, 0.25) is 0 Å². The van der Waals surface area contributed by atoms with E-state index in [1.54, 1.807) is 0 Å². The number of halogens is 9. The lowest BCUT2D eigenvalue weighted by molar-refractivity contribution is -0.192. The molecular weight excluding hydrogens is 503 g/mol. The maximum atomic E-state index is 14.2. The summed E-state index contributed by atoms with van der Waals surface area (Å²) in [7, 11) is 0.964. The van der Waals surface area contributed by atoms with Gasteiger partial charge < -0.3 is 20.9 Å². The van der Waals surface area contributed by atoms with Crippen molar-refractivity contribution in [2.45, 2.75) is 25.2 Å². The van der Waals surface area contributed by atoms with Gasteiger partial charge in [0.1, 0.15) is 5.82 Å². The van der Waals surface area contributed by atoms with Gasteiger partial charge in [-0.3, -0.25) is 0 Å². The van der Waals surface area contributed by atoms with Crippen LogP contribution < -0.4 is 11.1 Å². The average Bonchev–Trinajstić information content (AvgIpc) is 2.75. The summed E-state index contributed by atoms with van der Waals surface area (Å²) in [6.45, 7) is 0.164. The summed E-state index contributed by atoms with van der Waals surface area (Å²) >= 11 is 0. The van der Waals surface area contributed by atoms with Crippen molar-refractivity contribution in [3.63, 3.8) is 0 Å². The fourth-order valence-corrected chi connectivity index (χ4v) is 2.55. The largest absolute Gasteiger partial charge is 0.490 e. The van der Waals surface area contributed by atoms with E-state index in [-0.39, 0.29) is 30.6 Å². The number of ether oxygens (including phenoxy) is 1. The van der Waals surface area contributed by atoms with Gasteiger partial charge in [0.2, 0.25) is 0 Å². The molecule has 2 aromatic rings. The molecule has 0 aliphatic rings. The number of carbonyl (C=O) groups excluding carboxylic acids is 1. The van der Waals surface area contributed by atoms with E-state index in [9.17, 15) is 44.3 Å².